The van der Waals surface area contributed by atoms with E-state index in [-0.39, 0.29) is 5.91 Å². The molecule has 2 atom stereocenters. The van der Waals surface area contributed by atoms with Crippen LogP contribution in [0.25, 0.3) is 0 Å². The molecule has 2 N–H and O–H groups in total. The Morgan fingerprint density at radius 1 is 1.25 bits per heavy atom. The lowest BCUT2D eigenvalue weighted by Gasteiger charge is -2.24. The van der Waals surface area contributed by atoms with Crippen molar-refractivity contribution in [2.45, 2.75) is 44.8 Å². The molecule has 0 spiro atoms. The minimum atomic E-state index is -0.0210. The van der Waals surface area contributed by atoms with Crippen molar-refractivity contribution < 1.29 is 4.79 Å². The Morgan fingerprint density at radius 2 is 2.00 bits per heavy atom. The van der Waals surface area contributed by atoms with Gasteiger partial charge in [-0.15, -0.1) is 0 Å². The quantitative estimate of drug-likeness (QED) is 0.885. The van der Waals surface area contributed by atoms with Crippen molar-refractivity contribution in [1.29, 1.82) is 0 Å². The second-order valence-electron chi connectivity index (χ2n) is 6.04. The molecule has 0 radical (unpaired) electrons. The predicted molar refractivity (Wildman–Crippen MR) is 80.6 cm³/mol. The van der Waals surface area contributed by atoms with Gasteiger partial charge in [0.05, 0.1) is 0 Å². The molecular formula is C16H23N3O. The number of carbonyl (C=O) groups excluding carboxylic acids is 1. The molecule has 2 bridgehead atoms. The normalized spacial score (nSPS) is 26.2. The third-order valence-corrected chi connectivity index (χ3v) is 4.29. The fourth-order valence-electron chi connectivity index (χ4n) is 3.31. The standard InChI is InChI=1S/C16H23N3O/c1-12(20)17-14-4-2-13(3-5-14)10-19-9-8-15-6-7-16(11-19)18-15/h2-5,15-16,18H,6-11H2,1H3,(H,17,20). The van der Waals surface area contributed by atoms with Crippen LogP contribution in [0.4, 0.5) is 5.69 Å². The third kappa shape index (κ3) is 3.38. The van der Waals surface area contributed by atoms with Gasteiger partial charge in [0, 0.05) is 44.3 Å². The highest BCUT2D eigenvalue weighted by atomic mass is 16.1. The number of carbonyl (C=O) groups is 1. The summed E-state index contributed by atoms with van der Waals surface area (Å²) < 4.78 is 0. The van der Waals surface area contributed by atoms with Crippen LogP contribution >= 0.6 is 0 Å². The van der Waals surface area contributed by atoms with Crippen LogP contribution in [0.15, 0.2) is 24.3 Å². The van der Waals surface area contributed by atoms with Crippen LogP contribution in [-0.2, 0) is 11.3 Å². The zero-order valence-corrected chi connectivity index (χ0v) is 12.1. The van der Waals surface area contributed by atoms with Crippen LogP contribution in [0.2, 0.25) is 0 Å². The molecule has 2 heterocycles. The molecule has 4 nitrogen and oxygen atoms in total. The topological polar surface area (TPSA) is 44.4 Å². The van der Waals surface area contributed by atoms with Gasteiger partial charge in [-0.25, -0.2) is 0 Å². The second-order valence-corrected chi connectivity index (χ2v) is 6.04. The molecule has 2 unspecified atom stereocenters. The van der Waals surface area contributed by atoms with Crippen molar-refractivity contribution in [1.82, 2.24) is 10.2 Å². The third-order valence-electron chi connectivity index (χ3n) is 4.29. The van der Waals surface area contributed by atoms with E-state index in [9.17, 15) is 4.79 Å². The monoisotopic (exact) mass is 273 g/mol. The Bertz CT molecular complexity index is 471. The van der Waals surface area contributed by atoms with Gasteiger partial charge in [-0.2, -0.15) is 0 Å². The molecular weight excluding hydrogens is 250 g/mol. The average Bonchev–Trinajstić information content (AvgIpc) is 2.74. The minimum Gasteiger partial charge on any atom is -0.326 e. The first-order valence-electron chi connectivity index (χ1n) is 7.54. The number of hydrogen-bond acceptors (Lipinski definition) is 3. The number of fused-ring (bicyclic) bond motifs is 2. The fourth-order valence-corrected chi connectivity index (χ4v) is 3.31. The van der Waals surface area contributed by atoms with E-state index in [1.807, 2.05) is 12.1 Å². The Labute approximate surface area is 120 Å². The molecule has 0 aliphatic carbocycles. The van der Waals surface area contributed by atoms with E-state index in [1.165, 1.54) is 38.3 Å². The van der Waals surface area contributed by atoms with E-state index in [0.29, 0.717) is 6.04 Å². The van der Waals surface area contributed by atoms with Gasteiger partial charge in [-0.1, -0.05) is 12.1 Å². The summed E-state index contributed by atoms with van der Waals surface area (Å²) in [6.45, 7) is 4.88. The SMILES string of the molecule is CC(=O)Nc1ccc(CN2CCC3CCC(C2)N3)cc1. The molecule has 0 saturated carbocycles. The highest BCUT2D eigenvalue weighted by Gasteiger charge is 2.28. The number of benzene rings is 1. The molecule has 1 aromatic rings. The second kappa shape index (κ2) is 5.94. The maximum absolute atomic E-state index is 11.0. The van der Waals surface area contributed by atoms with Gasteiger partial charge in [0.1, 0.15) is 0 Å². The van der Waals surface area contributed by atoms with E-state index in [4.69, 9.17) is 0 Å². The Balaban J connectivity index is 1.58. The molecule has 3 rings (SSSR count). The number of nitrogens with zero attached hydrogens (tertiary/aromatic N) is 1. The summed E-state index contributed by atoms with van der Waals surface area (Å²) in [5.41, 5.74) is 2.19. The molecule has 2 aliphatic rings. The van der Waals surface area contributed by atoms with Gasteiger partial charge in [-0.05, 0) is 37.0 Å². The summed E-state index contributed by atoms with van der Waals surface area (Å²) in [5.74, 6) is -0.0210. The average molecular weight is 273 g/mol. The van der Waals surface area contributed by atoms with Gasteiger partial charge in [0.15, 0.2) is 0 Å². The molecule has 2 fully saturated rings. The van der Waals surface area contributed by atoms with Gasteiger partial charge >= 0.3 is 0 Å². The molecule has 2 aliphatic heterocycles. The van der Waals surface area contributed by atoms with E-state index in [0.717, 1.165) is 24.8 Å². The van der Waals surface area contributed by atoms with Crippen molar-refractivity contribution in [3.63, 3.8) is 0 Å². The number of likely N-dealkylation sites (tertiary alicyclic amines) is 1. The van der Waals surface area contributed by atoms with Crippen LogP contribution in [-0.4, -0.2) is 36.0 Å². The van der Waals surface area contributed by atoms with Gasteiger partial charge in [-0.3, -0.25) is 9.69 Å². The largest absolute Gasteiger partial charge is 0.326 e. The lowest BCUT2D eigenvalue weighted by Crippen LogP contribution is -2.34. The predicted octanol–water partition coefficient (Wildman–Crippen LogP) is 1.97. The molecule has 1 aromatic carbocycles. The number of nitrogens with one attached hydrogen (secondary N) is 2. The molecule has 20 heavy (non-hydrogen) atoms. The number of rotatable bonds is 3. The Kier molecular flexibility index (Phi) is 4.03. The van der Waals surface area contributed by atoms with E-state index < -0.39 is 0 Å². The van der Waals surface area contributed by atoms with E-state index in [2.05, 4.69) is 27.7 Å². The zero-order chi connectivity index (χ0) is 13.9. The van der Waals surface area contributed by atoms with E-state index in [1.54, 1.807) is 0 Å². The Hall–Kier alpha value is -1.39. The lowest BCUT2D eigenvalue weighted by molar-refractivity contribution is -0.114. The van der Waals surface area contributed by atoms with Crippen molar-refractivity contribution in [2.24, 2.45) is 0 Å². The van der Waals surface area contributed by atoms with Crippen molar-refractivity contribution in [3.8, 4) is 0 Å². The molecule has 4 heteroatoms. The number of hydrogen-bond donors (Lipinski definition) is 2. The minimum absolute atomic E-state index is 0.0210. The zero-order valence-electron chi connectivity index (χ0n) is 12.1. The smallest absolute Gasteiger partial charge is 0.221 e. The number of anilines is 1. The Morgan fingerprint density at radius 3 is 2.75 bits per heavy atom. The van der Waals surface area contributed by atoms with Gasteiger partial charge in [0.2, 0.25) is 5.91 Å². The lowest BCUT2D eigenvalue weighted by atomic mass is 10.1. The molecule has 1 amide bonds. The summed E-state index contributed by atoms with van der Waals surface area (Å²) in [4.78, 5) is 13.5. The molecule has 2 saturated heterocycles. The van der Waals surface area contributed by atoms with Crippen LogP contribution in [0, 0.1) is 0 Å². The first-order valence-corrected chi connectivity index (χ1v) is 7.54. The summed E-state index contributed by atoms with van der Waals surface area (Å²) in [5, 5.41) is 6.52. The fraction of sp³-hybridized carbons (Fsp3) is 0.562. The van der Waals surface area contributed by atoms with Crippen LogP contribution in [0.5, 0.6) is 0 Å². The summed E-state index contributed by atoms with van der Waals surface area (Å²) >= 11 is 0. The first kappa shape index (κ1) is 13.6. The highest BCUT2D eigenvalue weighted by Crippen LogP contribution is 2.21. The summed E-state index contributed by atoms with van der Waals surface area (Å²) in [6.07, 6.45) is 3.94. The summed E-state index contributed by atoms with van der Waals surface area (Å²) in [7, 11) is 0. The maximum atomic E-state index is 11.0. The van der Waals surface area contributed by atoms with Crippen molar-refractivity contribution in [3.05, 3.63) is 29.8 Å². The summed E-state index contributed by atoms with van der Waals surface area (Å²) in [6, 6.07) is 9.62. The molecule has 108 valence electrons. The first-order chi connectivity index (χ1) is 9.69. The van der Waals surface area contributed by atoms with Crippen LogP contribution in [0.3, 0.4) is 0 Å². The number of amides is 1. The van der Waals surface area contributed by atoms with Crippen molar-refractivity contribution >= 4 is 11.6 Å². The maximum Gasteiger partial charge on any atom is 0.221 e. The highest BCUT2D eigenvalue weighted by molar-refractivity contribution is 5.88. The van der Waals surface area contributed by atoms with Crippen molar-refractivity contribution in [2.75, 3.05) is 18.4 Å². The van der Waals surface area contributed by atoms with E-state index >= 15 is 0 Å². The van der Waals surface area contributed by atoms with Crippen LogP contribution in [0.1, 0.15) is 31.7 Å². The van der Waals surface area contributed by atoms with Crippen LogP contribution < -0.4 is 10.6 Å². The van der Waals surface area contributed by atoms with Gasteiger partial charge in [0.25, 0.3) is 0 Å². The molecule has 0 aromatic heterocycles. The van der Waals surface area contributed by atoms with Gasteiger partial charge < -0.3 is 10.6 Å².